The lowest BCUT2D eigenvalue weighted by Gasteiger charge is -2.37. The van der Waals surface area contributed by atoms with Gasteiger partial charge in [0.15, 0.2) is 0 Å². The highest BCUT2D eigenvalue weighted by Gasteiger charge is 2.59. The van der Waals surface area contributed by atoms with Crippen molar-refractivity contribution in [1.82, 2.24) is 20.5 Å². The lowest BCUT2D eigenvalue weighted by molar-refractivity contribution is -0.144. The minimum Gasteiger partial charge on any atom is -0.478 e. The van der Waals surface area contributed by atoms with Crippen LogP contribution in [-0.4, -0.2) is 54.0 Å². The van der Waals surface area contributed by atoms with Crippen LogP contribution in [0.4, 0.5) is 4.39 Å². The third-order valence-corrected chi connectivity index (χ3v) is 8.36. The van der Waals surface area contributed by atoms with Crippen molar-refractivity contribution in [2.75, 3.05) is 26.4 Å². The van der Waals surface area contributed by atoms with Crippen molar-refractivity contribution in [3.8, 4) is 16.2 Å². The van der Waals surface area contributed by atoms with Crippen LogP contribution in [0.25, 0.3) is 10.4 Å². The number of hydrogen-bond donors (Lipinski definition) is 3. The topological polar surface area (TPSA) is 92.5 Å². The average molecular weight is 532 g/mol. The summed E-state index contributed by atoms with van der Waals surface area (Å²) in [4.78, 5) is 21.0. The number of amides is 1. The number of nitrogens with two attached hydrogens (primary N) is 1. The Hall–Kier alpha value is -2.07. The summed E-state index contributed by atoms with van der Waals surface area (Å²) in [5, 5.41) is 6.85. The predicted molar refractivity (Wildman–Crippen MR) is 147 cm³/mol. The summed E-state index contributed by atoms with van der Waals surface area (Å²) in [6, 6.07) is 6.24. The molecule has 1 saturated heterocycles. The molecule has 9 heteroatoms. The summed E-state index contributed by atoms with van der Waals surface area (Å²) >= 11 is 1.61. The van der Waals surface area contributed by atoms with Crippen LogP contribution in [0.15, 0.2) is 23.7 Å². The van der Waals surface area contributed by atoms with Crippen LogP contribution < -0.4 is 21.1 Å². The van der Waals surface area contributed by atoms with Crippen molar-refractivity contribution >= 4 is 17.2 Å². The third-order valence-electron chi connectivity index (χ3n) is 7.38. The van der Waals surface area contributed by atoms with Gasteiger partial charge in [-0.2, -0.15) is 0 Å². The van der Waals surface area contributed by atoms with Gasteiger partial charge in [-0.1, -0.05) is 32.9 Å². The number of nitrogens with one attached hydrogen (secondary N) is 2. The van der Waals surface area contributed by atoms with Gasteiger partial charge in [0, 0.05) is 18.7 Å². The molecule has 2 aliphatic rings. The van der Waals surface area contributed by atoms with E-state index < -0.39 is 17.0 Å². The smallest absolute Gasteiger partial charge is 0.230 e. The second-order valence-electron chi connectivity index (χ2n) is 11.4. The van der Waals surface area contributed by atoms with Gasteiger partial charge >= 0.3 is 0 Å². The molecule has 0 bridgehead atoms. The number of aromatic nitrogens is 1. The number of likely N-dealkylation sites (tertiary alicyclic amines) is 1. The average Bonchev–Trinajstić information content (AvgIpc) is 3.21. The van der Waals surface area contributed by atoms with Crippen LogP contribution in [0.1, 0.15) is 64.1 Å². The molecule has 2 atom stereocenters. The molecule has 7 nitrogen and oxygen atoms in total. The maximum atomic E-state index is 15.3. The van der Waals surface area contributed by atoms with E-state index in [1.54, 1.807) is 11.3 Å². The Bertz CT molecular complexity index is 1060. The molecule has 1 aliphatic carbocycles. The van der Waals surface area contributed by atoms with E-state index in [0.717, 1.165) is 53.3 Å². The molecule has 2 fully saturated rings. The van der Waals surface area contributed by atoms with Crippen molar-refractivity contribution in [1.29, 1.82) is 0 Å². The van der Waals surface area contributed by atoms with Crippen LogP contribution in [0.2, 0.25) is 0 Å². The molecule has 204 valence electrons. The molecule has 0 radical (unpaired) electrons. The Morgan fingerprint density at radius 1 is 1.38 bits per heavy atom. The lowest BCUT2D eigenvalue weighted by atomic mass is 9.75. The van der Waals surface area contributed by atoms with Crippen molar-refractivity contribution < 1.29 is 13.9 Å². The molecule has 1 aromatic carbocycles. The molecule has 1 saturated carbocycles. The highest BCUT2D eigenvalue weighted by molar-refractivity contribution is 7.13. The highest BCUT2D eigenvalue weighted by Crippen LogP contribution is 2.53. The minimum atomic E-state index is -1.36. The molecule has 0 spiro atoms. The van der Waals surface area contributed by atoms with E-state index in [0.29, 0.717) is 39.2 Å². The number of alkyl halides is 1. The first-order chi connectivity index (χ1) is 17.6. The fourth-order valence-corrected chi connectivity index (χ4v) is 6.20. The van der Waals surface area contributed by atoms with Gasteiger partial charge in [0.1, 0.15) is 18.1 Å². The highest BCUT2D eigenvalue weighted by atomic mass is 32.1. The summed E-state index contributed by atoms with van der Waals surface area (Å²) in [6.07, 6.45) is 3.52. The monoisotopic (exact) mass is 531 g/mol. The van der Waals surface area contributed by atoms with E-state index in [9.17, 15) is 4.79 Å². The molecule has 4 N–H and O–H groups in total. The van der Waals surface area contributed by atoms with Gasteiger partial charge in [-0.15, -0.1) is 11.3 Å². The van der Waals surface area contributed by atoms with E-state index >= 15 is 4.39 Å². The number of hydrogen-bond acceptors (Lipinski definition) is 7. The SMILES string of the molecule is Cc1ncsc1-c1ccc(CNC2CCCN2C(=O)C(C(C)(C)C)C2(F)CC2)c(OCNCCCN)c1. The normalized spacial score (nSPS) is 19.7. The Morgan fingerprint density at radius 2 is 2.16 bits per heavy atom. The van der Waals surface area contributed by atoms with Crippen LogP contribution >= 0.6 is 11.3 Å². The van der Waals surface area contributed by atoms with E-state index in [4.69, 9.17) is 10.5 Å². The van der Waals surface area contributed by atoms with Crippen molar-refractivity contribution in [3.05, 3.63) is 35.0 Å². The number of ether oxygens (including phenoxy) is 1. The number of benzene rings is 1. The molecular formula is C28H42FN5O2S. The standard InChI is InChI=1S/C28H42FN5O2S/c1-19-24(37-18-33-19)20-8-9-21(22(15-20)36-17-31-13-6-12-30)16-32-23-7-5-14-34(23)26(35)25(27(2,3)4)28(29)10-11-28/h8-9,15,18,23,25,31-32H,5-7,10-14,16-17,30H2,1-4H3. The first-order valence-corrected chi connectivity index (χ1v) is 14.3. The number of thiazole rings is 1. The van der Waals surface area contributed by atoms with Crippen molar-refractivity contribution in [2.45, 2.75) is 78.2 Å². The van der Waals surface area contributed by atoms with Gasteiger partial charge in [-0.05, 0) is 69.2 Å². The van der Waals surface area contributed by atoms with Crippen molar-refractivity contribution in [3.63, 3.8) is 0 Å². The number of rotatable bonds is 12. The fraction of sp³-hybridized carbons (Fsp3) is 0.643. The summed E-state index contributed by atoms with van der Waals surface area (Å²) in [6.45, 7) is 11.0. The van der Waals surface area contributed by atoms with Gasteiger partial charge in [0.2, 0.25) is 5.91 Å². The molecule has 2 aromatic rings. The van der Waals surface area contributed by atoms with E-state index in [1.807, 2.05) is 38.1 Å². The van der Waals surface area contributed by atoms with Gasteiger partial charge < -0.3 is 15.4 Å². The van der Waals surface area contributed by atoms with Crippen LogP contribution in [0.3, 0.4) is 0 Å². The molecule has 37 heavy (non-hydrogen) atoms. The first-order valence-electron chi connectivity index (χ1n) is 13.4. The molecule has 1 amide bonds. The molecule has 1 aliphatic heterocycles. The summed E-state index contributed by atoms with van der Waals surface area (Å²) in [5.74, 6) is 0.129. The lowest BCUT2D eigenvalue weighted by Crippen LogP contribution is -2.51. The zero-order chi connectivity index (χ0) is 26.6. The summed E-state index contributed by atoms with van der Waals surface area (Å²) < 4.78 is 21.4. The number of nitrogens with zero attached hydrogens (tertiary/aromatic N) is 2. The van der Waals surface area contributed by atoms with E-state index in [-0.39, 0.29) is 12.1 Å². The van der Waals surface area contributed by atoms with E-state index in [1.165, 1.54) is 0 Å². The largest absolute Gasteiger partial charge is 0.478 e. The zero-order valence-electron chi connectivity index (χ0n) is 22.6. The summed E-state index contributed by atoms with van der Waals surface area (Å²) in [7, 11) is 0. The van der Waals surface area contributed by atoms with Gasteiger partial charge in [0.05, 0.1) is 28.2 Å². The maximum Gasteiger partial charge on any atom is 0.230 e. The van der Waals surface area contributed by atoms with Gasteiger partial charge in [-0.3, -0.25) is 15.4 Å². The Labute approximate surface area is 224 Å². The zero-order valence-corrected chi connectivity index (χ0v) is 23.4. The third kappa shape index (κ3) is 6.69. The summed E-state index contributed by atoms with van der Waals surface area (Å²) in [5.41, 5.74) is 8.76. The maximum absolute atomic E-state index is 15.3. The van der Waals surface area contributed by atoms with Gasteiger partial charge in [0.25, 0.3) is 0 Å². The first kappa shape index (κ1) is 28.0. The molecular weight excluding hydrogens is 489 g/mol. The Morgan fingerprint density at radius 3 is 2.81 bits per heavy atom. The van der Waals surface area contributed by atoms with Crippen LogP contribution in [-0.2, 0) is 11.3 Å². The van der Waals surface area contributed by atoms with Crippen LogP contribution in [0.5, 0.6) is 5.75 Å². The van der Waals surface area contributed by atoms with Crippen LogP contribution in [0, 0.1) is 18.3 Å². The molecule has 2 heterocycles. The molecule has 2 unspecified atom stereocenters. The Kier molecular flexibility index (Phi) is 8.89. The fourth-order valence-electron chi connectivity index (χ4n) is 5.40. The predicted octanol–water partition coefficient (Wildman–Crippen LogP) is 4.60. The quantitative estimate of drug-likeness (QED) is 0.274. The number of halogens is 1. The van der Waals surface area contributed by atoms with Gasteiger partial charge in [-0.25, -0.2) is 9.37 Å². The Balaban J connectivity index is 1.47. The number of aryl methyl sites for hydroxylation is 1. The molecule has 4 rings (SSSR count). The minimum absolute atomic E-state index is 0.0564. The van der Waals surface area contributed by atoms with Crippen molar-refractivity contribution in [2.24, 2.45) is 17.1 Å². The second-order valence-corrected chi connectivity index (χ2v) is 12.3. The molecule has 1 aromatic heterocycles. The number of carbonyl (C=O) groups excluding carboxylic acids is 1. The second kappa shape index (κ2) is 11.8. The number of carbonyl (C=O) groups is 1. The van der Waals surface area contributed by atoms with E-state index in [2.05, 4.69) is 33.8 Å².